The van der Waals surface area contributed by atoms with E-state index in [1.165, 1.54) is 5.56 Å². The highest BCUT2D eigenvalue weighted by molar-refractivity contribution is 5.08. The fraction of sp³-hybridized carbons (Fsp3) is 0.583. The zero-order chi connectivity index (χ0) is 10.7. The highest BCUT2D eigenvalue weighted by Gasteiger charge is 2.26. The molecule has 1 aromatic rings. The van der Waals surface area contributed by atoms with E-state index >= 15 is 0 Å². The number of aromatic nitrogens is 1. The van der Waals surface area contributed by atoms with Gasteiger partial charge in [-0.3, -0.25) is 9.88 Å². The van der Waals surface area contributed by atoms with Crippen molar-refractivity contribution in [2.75, 3.05) is 13.1 Å². The van der Waals surface area contributed by atoms with Crippen molar-refractivity contribution >= 4 is 0 Å². The molecular formula is C12H18N2O. The van der Waals surface area contributed by atoms with E-state index in [-0.39, 0.29) is 0 Å². The third kappa shape index (κ3) is 3.01. The minimum atomic E-state index is -0.453. The Kier molecular flexibility index (Phi) is 3.03. The van der Waals surface area contributed by atoms with Gasteiger partial charge in [0.1, 0.15) is 0 Å². The van der Waals surface area contributed by atoms with Gasteiger partial charge in [0.15, 0.2) is 0 Å². The van der Waals surface area contributed by atoms with Crippen LogP contribution in [0, 0.1) is 0 Å². The normalized spacial score (nSPS) is 21.5. The van der Waals surface area contributed by atoms with Crippen LogP contribution in [0.5, 0.6) is 0 Å². The Bertz CT molecular complexity index is 301. The van der Waals surface area contributed by atoms with Crippen LogP contribution >= 0.6 is 0 Å². The molecule has 0 amide bonds. The molecule has 1 saturated heterocycles. The second kappa shape index (κ2) is 4.29. The minimum Gasteiger partial charge on any atom is -0.390 e. The zero-order valence-corrected chi connectivity index (χ0v) is 9.19. The van der Waals surface area contributed by atoms with Crippen LogP contribution in [0.4, 0.5) is 0 Å². The lowest BCUT2D eigenvalue weighted by atomic mass is 9.94. The van der Waals surface area contributed by atoms with Gasteiger partial charge < -0.3 is 5.11 Å². The number of hydrogen-bond acceptors (Lipinski definition) is 3. The van der Waals surface area contributed by atoms with E-state index in [0.717, 1.165) is 32.5 Å². The van der Waals surface area contributed by atoms with Crippen LogP contribution in [0.3, 0.4) is 0 Å². The highest BCUT2D eigenvalue weighted by Crippen LogP contribution is 2.22. The number of likely N-dealkylation sites (tertiary alicyclic amines) is 1. The summed E-state index contributed by atoms with van der Waals surface area (Å²) in [7, 11) is 0. The third-order valence-electron chi connectivity index (χ3n) is 3.06. The van der Waals surface area contributed by atoms with E-state index in [9.17, 15) is 5.11 Å². The summed E-state index contributed by atoms with van der Waals surface area (Å²) >= 11 is 0. The molecule has 0 spiro atoms. The van der Waals surface area contributed by atoms with Gasteiger partial charge in [0.25, 0.3) is 0 Å². The Morgan fingerprint density at radius 3 is 2.80 bits per heavy atom. The Labute approximate surface area is 90.8 Å². The smallest absolute Gasteiger partial charge is 0.0644 e. The van der Waals surface area contributed by atoms with E-state index in [1.54, 1.807) is 6.20 Å². The number of rotatable bonds is 2. The minimum absolute atomic E-state index is 0.453. The molecule has 0 atom stereocenters. The summed E-state index contributed by atoms with van der Waals surface area (Å²) in [6.45, 7) is 4.82. The number of aliphatic hydroxyl groups is 1. The Morgan fingerprint density at radius 2 is 2.20 bits per heavy atom. The van der Waals surface area contributed by atoms with E-state index in [4.69, 9.17) is 0 Å². The van der Waals surface area contributed by atoms with Crippen molar-refractivity contribution in [3.8, 4) is 0 Å². The fourth-order valence-corrected chi connectivity index (χ4v) is 1.94. The maximum Gasteiger partial charge on any atom is 0.0644 e. The maximum atomic E-state index is 9.82. The zero-order valence-electron chi connectivity index (χ0n) is 9.19. The standard InChI is InChI=1S/C12H18N2O/c1-12(15)4-7-14(8-5-12)10-11-3-2-6-13-9-11/h2-3,6,9,15H,4-5,7-8,10H2,1H3. The van der Waals surface area contributed by atoms with Crippen molar-refractivity contribution < 1.29 is 5.11 Å². The topological polar surface area (TPSA) is 36.4 Å². The van der Waals surface area contributed by atoms with Crippen molar-refractivity contribution in [3.05, 3.63) is 30.1 Å². The Morgan fingerprint density at radius 1 is 1.47 bits per heavy atom. The van der Waals surface area contributed by atoms with E-state index in [0.29, 0.717) is 0 Å². The second-order valence-corrected chi connectivity index (χ2v) is 4.63. The van der Waals surface area contributed by atoms with Gasteiger partial charge in [-0.25, -0.2) is 0 Å². The Hall–Kier alpha value is -0.930. The predicted molar refractivity (Wildman–Crippen MR) is 59.4 cm³/mol. The first-order valence-corrected chi connectivity index (χ1v) is 5.49. The highest BCUT2D eigenvalue weighted by atomic mass is 16.3. The van der Waals surface area contributed by atoms with Crippen molar-refractivity contribution in [2.24, 2.45) is 0 Å². The molecule has 1 N–H and O–H groups in total. The molecule has 0 radical (unpaired) electrons. The van der Waals surface area contributed by atoms with Gasteiger partial charge in [-0.1, -0.05) is 6.07 Å². The van der Waals surface area contributed by atoms with E-state index < -0.39 is 5.60 Å². The van der Waals surface area contributed by atoms with Crippen molar-refractivity contribution in [2.45, 2.75) is 31.9 Å². The van der Waals surface area contributed by atoms with Gasteiger partial charge in [0.05, 0.1) is 5.60 Å². The molecule has 1 fully saturated rings. The lowest BCUT2D eigenvalue weighted by Gasteiger charge is -2.35. The molecule has 0 unspecified atom stereocenters. The average molecular weight is 206 g/mol. The summed E-state index contributed by atoms with van der Waals surface area (Å²) in [4.78, 5) is 6.47. The van der Waals surface area contributed by atoms with E-state index in [2.05, 4.69) is 16.0 Å². The lowest BCUT2D eigenvalue weighted by Crippen LogP contribution is -2.41. The van der Waals surface area contributed by atoms with Crippen LogP contribution in [0.25, 0.3) is 0 Å². The van der Waals surface area contributed by atoms with Gasteiger partial charge in [-0.15, -0.1) is 0 Å². The van der Waals surface area contributed by atoms with Crippen LogP contribution in [-0.4, -0.2) is 33.7 Å². The summed E-state index contributed by atoms with van der Waals surface area (Å²) in [6.07, 6.45) is 5.44. The predicted octanol–water partition coefficient (Wildman–Crippen LogP) is 1.43. The number of nitrogens with zero attached hydrogens (tertiary/aromatic N) is 2. The maximum absolute atomic E-state index is 9.82. The van der Waals surface area contributed by atoms with Crippen molar-refractivity contribution in [1.29, 1.82) is 0 Å². The SMILES string of the molecule is CC1(O)CCN(Cc2cccnc2)CC1. The average Bonchev–Trinajstić information content (AvgIpc) is 2.23. The van der Waals surface area contributed by atoms with E-state index in [1.807, 2.05) is 19.2 Å². The summed E-state index contributed by atoms with van der Waals surface area (Å²) in [5.74, 6) is 0. The monoisotopic (exact) mass is 206 g/mol. The molecule has 0 bridgehead atoms. The van der Waals surface area contributed by atoms with Gasteiger partial charge >= 0.3 is 0 Å². The van der Waals surface area contributed by atoms with Crippen molar-refractivity contribution in [3.63, 3.8) is 0 Å². The molecule has 3 nitrogen and oxygen atoms in total. The lowest BCUT2D eigenvalue weighted by molar-refractivity contribution is -0.00731. The van der Waals surface area contributed by atoms with Crippen LogP contribution in [-0.2, 0) is 6.54 Å². The van der Waals surface area contributed by atoms with Crippen molar-refractivity contribution in [1.82, 2.24) is 9.88 Å². The van der Waals surface area contributed by atoms with Crippen LogP contribution in [0.1, 0.15) is 25.3 Å². The molecule has 1 aromatic heterocycles. The summed E-state index contributed by atoms with van der Waals surface area (Å²) in [5, 5.41) is 9.82. The van der Waals surface area contributed by atoms with Gasteiger partial charge in [-0.05, 0) is 31.4 Å². The molecule has 0 saturated carbocycles. The molecule has 1 aliphatic heterocycles. The van der Waals surface area contributed by atoms with Crippen LogP contribution in [0.15, 0.2) is 24.5 Å². The molecule has 82 valence electrons. The number of piperidine rings is 1. The fourth-order valence-electron chi connectivity index (χ4n) is 1.94. The van der Waals surface area contributed by atoms with Gasteiger partial charge in [0, 0.05) is 32.0 Å². The summed E-state index contributed by atoms with van der Waals surface area (Å²) in [6, 6.07) is 4.06. The number of pyridine rings is 1. The second-order valence-electron chi connectivity index (χ2n) is 4.63. The first-order chi connectivity index (χ1) is 7.16. The van der Waals surface area contributed by atoms with Gasteiger partial charge in [-0.2, -0.15) is 0 Å². The first kappa shape index (κ1) is 10.6. The quantitative estimate of drug-likeness (QED) is 0.795. The number of hydrogen-bond donors (Lipinski definition) is 1. The Balaban J connectivity index is 1.88. The molecule has 0 aromatic carbocycles. The molecule has 0 aliphatic carbocycles. The molecule has 2 heterocycles. The summed E-state index contributed by atoms with van der Waals surface area (Å²) in [5.41, 5.74) is 0.796. The third-order valence-corrected chi connectivity index (χ3v) is 3.06. The van der Waals surface area contributed by atoms with Crippen LogP contribution < -0.4 is 0 Å². The molecule has 3 heteroatoms. The molecule has 1 aliphatic rings. The molecule has 2 rings (SSSR count). The molecular weight excluding hydrogens is 188 g/mol. The van der Waals surface area contributed by atoms with Gasteiger partial charge in [0.2, 0.25) is 0 Å². The first-order valence-electron chi connectivity index (χ1n) is 5.49. The largest absolute Gasteiger partial charge is 0.390 e. The summed E-state index contributed by atoms with van der Waals surface area (Å²) < 4.78 is 0. The van der Waals surface area contributed by atoms with Crippen LogP contribution in [0.2, 0.25) is 0 Å². The molecule has 15 heavy (non-hydrogen) atoms.